The number of aromatic nitrogens is 1. The Bertz CT molecular complexity index is 681. The highest BCUT2D eigenvalue weighted by Gasteiger charge is 2.19. The average molecular weight is 316 g/mol. The third kappa shape index (κ3) is 3.55. The quantitative estimate of drug-likeness (QED) is 0.782. The van der Waals surface area contributed by atoms with Gasteiger partial charge in [0, 0.05) is 17.6 Å². The van der Waals surface area contributed by atoms with E-state index in [1.807, 2.05) is 18.2 Å². The SMILES string of the molecule is CCOC(=O)c1cnc2c(OC)cccc2c1NC(CC)CC. The van der Waals surface area contributed by atoms with Crippen molar-refractivity contribution in [2.45, 2.75) is 39.7 Å². The number of rotatable bonds is 7. The van der Waals surface area contributed by atoms with Gasteiger partial charge in [0.1, 0.15) is 16.8 Å². The normalized spacial score (nSPS) is 10.8. The number of para-hydroxylation sites is 1. The Morgan fingerprint density at radius 2 is 2.00 bits per heavy atom. The number of fused-ring (bicyclic) bond motifs is 1. The van der Waals surface area contributed by atoms with Crippen molar-refractivity contribution in [3.8, 4) is 5.75 Å². The van der Waals surface area contributed by atoms with Gasteiger partial charge < -0.3 is 14.8 Å². The first-order chi connectivity index (χ1) is 11.2. The maximum atomic E-state index is 12.3. The Kier molecular flexibility index (Phi) is 5.79. The molecular formula is C18H24N2O3. The van der Waals surface area contributed by atoms with E-state index in [2.05, 4.69) is 24.1 Å². The predicted molar refractivity (Wildman–Crippen MR) is 92.2 cm³/mol. The molecule has 0 aliphatic heterocycles. The van der Waals surface area contributed by atoms with Crippen LogP contribution in [0.1, 0.15) is 44.0 Å². The molecule has 23 heavy (non-hydrogen) atoms. The zero-order chi connectivity index (χ0) is 16.8. The highest BCUT2D eigenvalue weighted by molar-refractivity contribution is 6.06. The molecule has 0 saturated carbocycles. The van der Waals surface area contributed by atoms with Crippen LogP contribution in [0, 0.1) is 0 Å². The van der Waals surface area contributed by atoms with Crippen molar-refractivity contribution in [1.82, 2.24) is 4.98 Å². The summed E-state index contributed by atoms with van der Waals surface area (Å²) in [6.07, 6.45) is 3.49. The zero-order valence-electron chi connectivity index (χ0n) is 14.2. The van der Waals surface area contributed by atoms with E-state index in [1.165, 1.54) is 0 Å². The number of hydrogen-bond donors (Lipinski definition) is 1. The molecule has 2 rings (SSSR count). The molecule has 1 aromatic carbocycles. The fourth-order valence-corrected chi connectivity index (χ4v) is 2.58. The second-order valence-corrected chi connectivity index (χ2v) is 5.28. The van der Waals surface area contributed by atoms with E-state index in [0.29, 0.717) is 17.9 Å². The third-order valence-electron chi connectivity index (χ3n) is 3.91. The molecule has 1 aromatic heterocycles. The summed E-state index contributed by atoms with van der Waals surface area (Å²) in [6.45, 7) is 6.37. The van der Waals surface area contributed by atoms with Gasteiger partial charge in [-0.05, 0) is 25.8 Å². The number of carbonyl (C=O) groups is 1. The fourth-order valence-electron chi connectivity index (χ4n) is 2.58. The Morgan fingerprint density at radius 1 is 1.26 bits per heavy atom. The molecule has 0 atom stereocenters. The lowest BCUT2D eigenvalue weighted by Crippen LogP contribution is -2.20. The van der Waals surface area contributed by atoms with E-state index >= 15 is 0 Å². The predicted octanol–water partition coefficient (Wildman–Crippen LogP) is 4.02. The van der Waals surface area contributed by atoms with Gasteiger partial charge in [-0.25, -0.2) is 4.79 Å². The monoisotopic (exact) mass is 316 g/mol. The molecule has 0 aliphatic carbocycles. The number of benzene rings is 1. The maximum absolute atomic E-state index is 12.3. The van der Waals surface area contributed by atoms with Gasteiger partial charge in [-0.3, -0.25) is 4.98 Å². The fraction of sp³-hybridized carbons (Fsp3) is 0.444. The van der Waals surface area contributed by atoms with E-state index in [4.69, 9.17) is 9.47 Å². The molecule has 0 radical (unpaired) electrons. The number of methoxy groups -OCH3 is 1. The second kappa shape index (κ2) is 7.81. The van der Waals surface area contributed by atoms with Crippen LogP contribution in [0.25, 0.3) is 10.9 Å². The Hall–Kier alpha value is -2.30. The molecule has 1 heterocycles. The molecule has 124 valence electrons. The van der Waals surface area contributed by atoms with E-state index in [0.717, 1.165) is 29.4 Å². The molecule has 5 nitrogen and oxygen atoms in total. The molecule has 5 heteroatoms. The number of ether oxygens (including phenoxy) is 2. The van der Waals surface area contributed by atoms with Gasteiger partial charge in [-0.2, -0.15) is 0 Å². The van der Waals surface area contributed by atoms with Gasteiger partial charge in [-0.15, -0.1) is 0 Å². The minimum atomic E-state index is -0.363. The van der Waals surface area contributed by atoms with Gasteiger partial charge >= 0.3 is 5.97 Å². The minimum absolute atomic E-state index is 0.278. The summed E-state index contributed by atoms with van der Waals surface area (Å²) in [5.74, 6) is 0.323. The van der Waals surface area contributed by atoms with Crippen molar-refractivity contribution in [1.29, 1.82) is 0 Å². The molecule has 1 N–H and O–H groups in total. The summed E-state index contributed by atoms with van der Waals surface area (Å²) in [7, 11) is 1.61. The van der Waals surface area contributed by atoms with Crippen LogP contribution in [0.3, 0.4) is 0 Å². The number of carbonyl (C=O) groups excluding carboxylic acids is 1. The van der Waals surface area contributed by atoms with E-state index < -0.39 is 0 Å². The van der Waals surface area contributed by atoms with Crippen LogP contribution in [-0.4, -0.2) is 30.7 Å². The highest BCUT2D eigenvalue weighted by atomic mass is 16.5. The van der Waals surface area contributed by atoms with Gasteiger partial charge in [-0.1, -0.05) is 26.0 Å². The van der Waals surface area contributed by atoms with Crippen molar-refractivity contribution in [2.24, 2.45) is 0 Å². The third-order valence-corrected chi connectivity index (χ3v) is 3.91. The standard InChI is InChI=1S/C18H24N2O3/c1-5-12(6-2)20-16-13-9-8-10-15(22-4)17(13)19-11-14(16)18(21)23-7-3/h8-12H,5-7H2,1-4H3,(H,19,20). The Balaban J connectivity index is 2.63. The molecule has 2 aromatic rings. The second-order valence-electron chi connectivity index (χ2n) is 5.28. The molecule has 0 unspecified atom stereocenters. The lowest BCUT2D eigenvalue weighted by atomic mass is 10.1. The summed E-state index contributed by atoms with van der Waals surface area (Å²) < 4.78 is 10.6. The molecule has 0 fully saturated rings. The number of pyridine rings is 1. The smallest absolute Gasteiger partial charge is 0.341 e. The molecule has 0 spiro atoms. The first kappa shape index (κ1) is 17.1. The number of anilines is 1. The maximum Gasteiger partial charge on any atom is 0.341 e. The van der Waals surface area contributed by atoms with Crippen LogP contribution in [0.15, 0.2) is 24.4 Å². The van der Waals surface area contributed by atoms with Crippen LogP contribution in [0.2, 0.25) is 0 Å². The summed E-state index contributed by atoms with van der Waals surface area (Å²) >= 11 is 0. The summed E-state index contributed by atoms with van der Waals surface area (Å²) in [5.41, 5.74) is 1.96. The van der Waals surface area contributed by atoms with Crippen molar-refractivity contribution in [2.75, 3.05) is 19.0 Å². The van der Waals surface area contributed by atoms with Crippen molar-refractivity contribution >= 4 is 22.6 Å². The van der Waals surface area contributed by atoms with Crippen molar-refractivity contribution in [3.63, 3.8) is 0 Å². The average Bonchev–Trinajstić information content (AvgIpc) is 2.58. The van der Waals surface area contributed by atoms with Gasteiger partial charge in [0.2, 0.25) is 0 Å². The van der Waals surface area contributed by atoms with Crippen LogP contribution in [0.4, 0.5) is 5.69 Å². The summed E-state index contributed by atoms with van der Waals surface area (Å²) in [4.78, 5) is 16.7. The van der Waals surface area contributed by atoms with Crippen LogP contribution < -0.4 is 10.1 Å². The summed E-state index contributed by atoms with van der Waals surface area (Å²) in [5, 5.41) is 4.35. The van der Waals surface area contributed by atoms with Crippen molar-refractivity contribution < 1.29 is 14.3 Å². The number of nitrogens with one attached hydrogen (secondary N) is 1. The zero-order valence-corrected chi connectivity index (χ0v) is 14.2. The minimum Gasteiger partial charge on any atom is -0.494 e. The highest BCUT2D eigenvalue weighted by Crippen LogP contribution is 2.32. The van der Waals surface area contributed by atoms with Gasteiger partial charge in [0.15, 0.2) is 0 Å². The lowest BCUT2D eigenvalue weighted by molar-refractivity contribution is 0.0527. The van der Waals surface area contributed by atoms with Gasteiger partial charge in [0.25, 0.3) is 0 Å². The van der Waals surface area contributed by atoms with Gasteiger partial charge in [0.05, 0.1) is 19.4 Å². The molecule has 0 saturated heterocycles. The lowest BCUT2D eigenvalue weighted by Gasteiger charge is -2.20. The van der Waals surface area contributed by atoms with Crippen LogP contribution in [0.5, 0.6) is 5.75 Å². The molecule has 0 bridgehead atoms. The number of hydrogen-bond acceptors (Lipinski definition) is 5. The molecule has 0 amide bonds. The first-order valence-electron chi connectivity index (χ1n) is 8.05. The van der Waals surface area contributed by atoms with Crippen LogP contribution >= 0.6 is 0 Å². The topological polar surface area (TPSA) is 60.5 Å². The number of nitrogens with zero attached hydrogens (tertiary/aromatic N) is 1. The Labute approximate surface area is 137 Å². The van der Waals surface area contributed by atoms with Crippen LogP contribution in [-0.2, 0) is 4.74 Å². The Morgan fingerprint density at radius 3 is 2.61 bits per heavy atom. The van der Waals surface area contributed by atoms with E-state index in [1.54, 1.807) is 20.2 Å². The first-order valence-corrected chi connectivity index (χ1v) is 8.05. The molecule has 0 aliphatic rings. The molecular weight excluding hydrogens is 292 g/mol. The largest absolute Gasteiger partial charge is 0.494 e. The van der Waals surface area contributed by atoms with E-state index in [-0.39, 0.29) is 12.0 Å². The summed E-state index contributed by atoms with van der Waals surface area (Å²) in [6, 6.07) is 5.98. The van der Waals surface area contributed by atoms with E-state index in [9.17, 15) is 4.79 Å². The number of esters is 1. The van der Waals surface area contributed by atoms with Crippen molar-refractivity contribution in [3.05, 3.63) is 30.0 Å².